The number of hydrogen-bond donors (Lipinski definition) is 2. The standard InChI is InChI=1S/C18H27F2N3O2/c1-2-21-18(23-9-11-24-13-16-4-3-10-25-16)22-8-7-14-12-15(19)5-6-17(14)20/h5-6,12,16H,2-4,7-11,13H2,1H3,(H2,21,22,23). The Morgan fingerprint density at radius 2 is 2.24 bits per heavy atom. The molecule has 7 heteroatoms. The van der Waals surface area contributed by atoms with E-state index < -0.39 is 11.6 Å². The number of halogens is 2. The molecule has 0 saturated carbocycles. The Morgan fingerprint density at radius 3 is 3.00 bits per heavy atom. The van der Waals surface area contributed by atoms with Crippen molar-refractivity contribution >= 4 is 5.96 Å². The number of guanidine groups is 1. The predicted octanol–water partition coefficient (Wildman–Crippen LogP) is 2.26. The summed E-state index contributed by atoms with van der Waals surface area (Å²) in [6.45, 7) is 5.63. The second-order valence-corrected chi connectivity index (χ2v) is 5.88. The van der Waals surface area contributed by atoms with Gasteiger partial charge in [-0.05, 0) is 49.9 Å². The molecule has 1 heterocycles. The number of nitrogens with one attached hydrogen (secondary N) is 2. The maximum atomic E-state index is 13.6. The maximum Gasteiger partial charge on any atom is 0.191 e. The summed E-state index contributed by atoms with van der Waals surface area (Å²) in [4.78, 5) is 4.41. The van der Waals surface area contributed by atoms with Crippen molar-refractivity contribution in [2.45, 2.75) is 32.3 Å². The third-order valence-corrected chi connectivity index (χ3v) is 3.87. The normalized spacial score (nSPS) is 17.7. The van der Waals surface area contributed by atoms with Gasteiger partial charge in [0.15, 0.2) is 5.96 Å². The van der Waals surface area contributed by atoms with Gasteiger partial charge in [-0.15, -0.1) is 0 Å². The number of nitrogens with zero attached hydrogens (tertiary/aromatic N) is 1. The third-order valence-electron chi connectivity index (χ3n) is 3.87. The first-order chi connectivity index (χ1) is 12.2. The van der Waals surface area contributed by atoms with Gasteiger partial charge in [0.25, 0.3) is 0 Å². The Labute approximate surface area is 147 Å². The van der Waals surface area contributed by atoms with Crippen LogP contribution in [0.25, 0.3) is 0 Å². The van der Waals surface area contributed by atoms with Crippen molar-refractivity contribution < 1.29 is 18.3 Å². The van der Waals surface area contributed by atoms with Crippen molar-refractivity contribution in [3.63, 3.8) is 0 Å². The number of ether oxygens (including phenoxy) is 2. The highest BCUT2D eigenvalue weighted by atomic mass is 19.1. The van der Waals surface area contributed by atoms with Crippen LogP contribution >= 0.6 is 0 Å². The number of rotatable bonds is 9. The highest BCUT2D eigenvalue weighted by Gasteiger charge is 2.14. The van der Waals surface area contributed by atoms with Gasteiger partial charge in [0, 0.05) is 19.7 Å². The molecular weight excluding hydrogens is 328 g/mol. The molecule has 1 saturated heterocycles. The first-order valence-electron chi connectivity index (χ1n) is 8.84. The third kappa shape index (κ3) is 7.36. The number of benzene rings is 1. The molecule has 140 valence electrons. The van der Waals surface area contributed by atoms with Crippen molar-refractivity contribution in [3.8, 4) is 0 Å². The number of aliphatic imine (C=N–C) groups is 1. The molecule has 25 heavy (non-hydrogen) atoms. The molecule has 1 fully saturated rings. The van der Waals surface area contributed by atoms with Crippen LogP contribution in [0.5, 0.6) is 0 Å². The fourth-order valence-corrected chi connectivity index (χ4v) is 2.60. The van der Waals surface area contributed by atoms with E-state index in [9.17, 15) is 8.78 Å². The zero-order valence-corrected chi connectivity index (χ0v) is 14.7. The minimum absolute atomic E-state index is 0.219. The van der Waals surface area contributed by atoms with E-state index in [0.29, 0.717) is 44.2 Å². The fraction of sp³-hybridized carbons (Fsp3) is 0.611. The van der Waals surface area contributed by atoms with E-state index in [0.717, 1.165) is 38.1 Å². The molecular formula is C18H27F2N3O2. The molecule has 0 amide bonds. The lowest BCUT2D eigenvalue weighted by Gasteiger charge is -2.12. The van der Waals surface area contributed by atoms with Gasteiger partial charge >= 0.3 is 0 Å². The molecule has 1 unspecified atom stereocenters. The molecule has 2 N–H and O–H groups in total. The summed E-state index contributed by atoms with van der Waals surface area (Å²) >= 11 is 0. The highest BCUT2D eigenvalue weighted by Crippen LogP contribution is 2.11. The van der Waals surface area contributed by atoms with Gasteiger partial charge < -0.3 is 20.1 Å². The summed E-state index contributed by atoms with van der Waals surface area (Å²) in [5, 5.41) is 6.24. The van der Waals surface area contributed by atoms with Gasteiger partial charge in [-0.1, -0.05) is 0 Å². The van der Waals surface area contributed by atoms with Crippen molar-refractivity contribution in [2.24, 2.45) is 4.99 Å². The lowest BCUT2D eigenvalue weighted by Crippen LogP contribution is -2.38. The van der Waals surface area contributed by atoms with Gasteiger partial charge in [0.05, 0.1) is 25.9 Å². The number of hydrogen-bond acceptors (Lipinski definition) is 3. The fourth-order valence-electron chi connectivity index (χ4n) is 2.60. The zero-order chi connectivity index (χ0) is 17.9. The highest BCUT2D eigenvalue weighted by molar-refractivity contribution is 5.79. The summed E-state index contributed by atoms with van der Waals surface area (Å²) in [6, 6.07) is 3.49. The van der Waals surface area contributed by atoms with E-state index in [1.807, 2.05) is 6.92 Å². The van der Waals surface area contributed by atoms with Crippen LogP contribution in [0.2, 0.25) is 0 Å². The van der Waals surface area contributed by atoms with Crippen LogP contribution in [0.1, 0.15) is 25.3 Å². The van der Waals surface area contributed by atoms with Crippen LogP contribution in [0, 0.1) is 11.6 Å². The topological polar surface area (TPSA) is 54.9 Å². The first kappa shape index (κ1) is 19.6. The van der Waals surface area contributed by atoms with Crippen LogP contribution in [-0.4, -0.2) is 51.5 Å². The van der Waals surface area contributed by atoms with E-state index in [2.05, 4.69) is 15.6 Å². The Hall–Kier alpha value is -1.73. The maximum absolute atomic E-state index is 13.6. The Morgan fingerprint density at radius 1 is 1.36 bits per heavy atom. The molecule has 5 nitrogen and oxygen atoms in total. The van der Waals surface area contributed by atoms with Crippen molar-refractivity contribution in [1.82, 2.24) is 10.6 Å². The molecule has 0 aromatic heterocycles. The predicted molar refractivity (Wildman–Crippen MR) is 93.8 cm³/mol. The summed E-state index contributed by atoms with van der Waals surface area (Å²) < 4.78 is 37.8. The van der Waals surface area contributed by atoms with Gasteiger partial charge in [-0.2, -0.15) is 0 Å². The Balaban J connectivity index is 1.68. The summed E-state index contributed by atoms with van der Waals surface area (Å²) in [5.74, 6) is -0.187. The molecule has 0 aliphatic carbocycles. The van der Waals surface area contributed by atoms with Gasteiger partial charge in [-0.25, -0.2) is 8.78 Å². The summed E-state index contributed by atoms with van der Waals surface area (Å²) in [6.07, 6.45) is 2.76. The molecule has 0 spiro atoms. The zero-order valence-electron chi connectivity index (χ0n) is 14.7. The van der Waals surface area contributed by atoms with E-state index >= 15 is 0 Å². The average Bonchev–Trinajstić information content (AvgIpc) is 3.11. The molecule has 1 atom stereocenters. The van der Waals surface area contributed by atoms with Crippen molar-refractivity contribution in [3.05, 3.63) is 35.4 Å². The second-order valence-electron chi connectivity index (χ2n) is 5.88. The second kappa shape index (κ2) is 11.0. The average molecular weight is 355 g/mol. The summed E-state index contributed by atoms with van der Waals surface area (Å²) in [5.41, 5.74) is 0.350. The molecule has 1 aliphatic heterocycles. The monoisotopic (exact) mass is 355 g/mol. The van der Waals surface area contributed by atoms with Crippen molar-refractivity contribution in [2.75, 3.05) is 39.5 Å². The van der Waals surface area contributed by atoms with Crippen LogP contribution in [0.4, 0.5) is 8.78 Å². The molecule has 1 aliphatic rings. The molecule has 1 aromatic rings. The minimum atomic E-state index is -0.430. The largest absolute Gasteiger partial charge is 0.377 e. The molecule has 0 bridgehead atoms. The molecule has 1 aromatic carbocycles. The first-order valence-corrected chi connectivity index (χ1v) is 8.84. The van der Waals surface area contributed by atoms with Crippen molar-refractivity contribution in [1.29, 1.82) is 0 Å². The lowest BCUT2D eigenvalue weighted by molar-refractivity contribution is 0.0200. The Kier molecular flexibility index (Phi) is 8.62. The van der Waals surface area contributed by atoms with Gasteiger partial charge in [-0.3, -0.25) is 4.99 Å². The molecule has 0 radical (unpaired) electrons. The minimum Gasteiger partial charge on any atom is -0.377 e. The van der Waals surface area contributed by atoms with E-state index in [4.69, 9.17) is 9.47 Å². The van der Waals surface area contributed by atoms with E-state index in [1.54, 1.807) is 0 Å². The van der Waals surface area contributed by atoms with Crippen LogP contribution in [0.3, 0.4) is 0 Å². The van der Waals surface area contributed by atoms with Crippen LogP contribution < -0.4 is 10.6 Å². The SMILES string of the molecule is CCNC(=NCCOCC1CCCO1)NCCc1cc(F)ccc1F. The van der Waals surface area contributed by atoms with Crippen LogP contribution in [-0.2, 0) is 15.9 Å². The smallest absolute Gasteiger partial charge is 0.191 e. The molecule has 2 rings (SSSR count). The van der Waals surface area contributed by atoms with Gasteiger partial charge in [0.2, 0.25) is 0 Å². The quantitative estimate of drug-likeness (QED) is 0.405. The van der Waals surface area contributed by atoms with Gasteiger partial charge in [0.1, 0.15) is 11.6 Å². The van der Waals surface area contributed by atoms with Crippen LogP contribution in [0.15, 0.2) is 23.2 Å². The van der Waals surface area contributed by atoms with E-state index in [1.165, 1.54) is 6.07 Å². The lowest BCUT2D eigenvalue weighted by atomic mass is 10.1. The Bertz CT molecular complexity index is 549. The van der Waals surface area contributed by atoms with E-state index in [-0.39, 0.29) is 6.10 Å². The summed E-state index contributed by atoms with van der Waals surface area (Å²) in [7, 11) is 0.